The van der Waals surface area contributed by atoms with Crippen LogP contribution in [0.3, 0.4) is 0 Å². The van der Waals surface area contributed by atoms with E-state index in [0.29, 0.717) is 10.7 Å². The molecule has 0 aliphatic heterocycles. The molecule has 0 unspecified atom stereocenters. The van der Waals surface area contributed by atoms with Crippen LogP contribution in [-0.2, 0) is 0 Å². The van der Waals surface area contributed by atoms with Crippen molar-refractivity contribution >= 4 is 44.7 Å². The zero-order chi connectivity index (χ0) is 17.6. The average molecular weight is 372 g/mol. The lowest BCUT2D eigenvalue weighted by Crippen LogP contribution is -2.03. The van der Waals surface area contributed by atoms with Gasteiger partial charge in [0.2, 0.25) is 0 Å². The van der Waals surface area contributed by atoms with Gasteiger partial charge in [0.15, 0.2) is 16.6 Å². The molecule has 0 aliphatic carbocycles. The fraction of sp³-hybridized carbons (Fsp3) is 0.176. The molecular formula is C17H13FN4OS2. The molecule has 0 aliphatic rings. The smallest absolute Gasteiger partial charge is 0.197 e. The summed E-state index contributed by atoms with van der Waals surface area (Å²) in [5.74, 6) is -0.242. The highest BCUT2D eigenvalue weighted by Gasteiger charge is 2.16. The molecule has 126 valence electrons. The first-order valence-electron chi connectivity index (χ1n) is 7.55. The topological polar surface area (TPSA) is 60.2 Å². The molecule has 1 aromatic carbocycles. The first kappa shape index (κ1) is 16.2. The van der Waals surface area contributed by atoms with Gasteiger partial charge < -0.3 is 0 Å². The number of fused-ring (bicyclic) bond motifs is 3. The molecule has 3 aromatic heterocycles. The summed E-state index contributed by atoms with van der Waals surface area (Å²) in [6.45, 7) is 4.11. The zero-order valence-electron chi connectivity index (χ0n) is 13.5. The molecule has 0 bridgehead atoms. The maximum absolute atomic E-state index is 13.0. The van der Waals surface area contributed by atoms with E-state index in [-0.39, 0.29) is 17.4 Å². The summed E-state index contributed by atoms with van der Waals surface area (Å²) in [4.78, 5) is 18.9. The molecule has 25 heavy (non-hydrogen) atoms. The van der Waals surface area contributed by atoms with Gasteiger partial charge in [0.25, 0.3) is 0 Å². The molecule has 0 atom stereocenters. The third-order valence-corrected chi connectivity index (χ3v) is 6.10. The monoisotopic (exact) mass is 372 g/mol. The standard InChI is InChI=1S/C17H13FN4OS2/c1-9-10(2)25-16-14(9)15-20-21-17(22(15)8-19-16)24-7-13(23)11-3-5-12(18)6-4-11/h3-6,8H,7H2,1-2H3. The number of aromatic nitrogens is 4. The van der Waals surface area contributed by atoms with Crippen LogP contribution in [0.25, 0.3) is 15.9 Å². The molecule has 0 amide bonds. The number of carbonyl (C=O) groups excluding carboxylic acids is 1. The second-order valence-corrected chi connectivity index (χ2v) is 7.75. The Bertz CT molecular complexity index is 1100. The maximum Gasteiger partial charge on any atom is 0.197 e. The fourth-order valence-corrected chi connectivity index (χ4v) is 4.36. The van der Waals surface area contributed by atoms with Crippen molar-refractivity contribution in [3.8, 4) is 0 Å². The fourth-order valence-electron chi connectivity index (χ4n) is 2.57. The Hall–Kier alpha value is -2.32. The van der Waals surface area contributed by atoms with Gasteiger partial charge in [0.05, 0.1) is 11.1 Å². The van der Waals surface area contributed by atoms with E-state index >= 15 is 0 Å². The quantitative estimate of drug-likeness (QED) is 0.399. The lowest BCUT2D eigenvalue weighted by atomic mass is 10.1. The number of thioether (sulfide) groups is 1. The number of benzene rings is 1. The maximum atomic E-state index is 13.0. The number of carbonyl (C=O) groups is 1. The number of nitrogens with zero attached hydrogens (tertiary/aromatic N) is 4. The van der Waals surface area contributed by atoms with E-state index in [4.69, 9.17) is 0 Å². The van der Waals surface area contributed by atoms with Crippen LogP contribution in [0.2, 0.25) is 0 Å². The number of thiophene rings is 1. The molecule has 0 spiro atoms. The van der Waals surface area contributed by atoms with Crippen molar-refractivity contribution < 1.29 is 9.18 Å². The van der Waals surface area contributed by atoms with Crippen LogP contribution in [0.5, 0.6) is 0 Å². The highest BCUT2D eigenvalue weighted by atomic mass is 32.2. The van der Waals surface area contributed by atoms with Crippen molar-refractivity contribution in [3.05, 3.63) is 52.4 Å². The van der Waals surface area contributed by atoms with E-state index in [0.717, 1.165) is 21.4 Å². The first-order valence-corrected chi connectivity index (χ1v) is 9.36. The van der Waals surface area contributed by atoms with Gasteiger partial charge in [-0.3, -0.25) is 9.20 Å². The average Bonchev–Trinajstić information content (AvgIpc) is 3.14. The van der Waals surface area contributed by atoms with Gasteiger partial charge in [-0.1, -0.05) is 11.8 Å². The normalized spacial score (nSPS) is 11.5. The second kappa shape index (κ2) is 6.20. The Balaban J connectivity index is 1.63. The molecule has 4 aromatic rings. The third-order valence-electron chi connectivity index (χ3n) is 4.04. The third kappa shape index (κ3) is 2.81. The van der Waals surface area contributed by atoms with Gasteiger partial charge >= 0.3 is 0 Å². The van der Waals surface area contributed by atoms with Crippen LogP contribution in [0, 0.1) is 19.7 Å². The molecular weight excluding hydrogens is 359 g/mol. The van der Waals surface area contributed by atoms with Crippen LogP contribution in [0.1, 0.15) is 20.8 Å². The Kier molecular flexibility index (Phi) is 4.01. The summed E-state index contributed by atoms with van der Waals surface area (Å²) in [5, 5.41) is 10.1. The van der Waals surface area contributed by atoms with Gasteiger partial charge in [-0.25, -0.2) is 9.37 Å². The minimum atomic E-state index is -0.357. The van der Waals surface area contributed by atoms with Crippen molar-refractivity contribution in [1.82, 2.24) is 19.6 Å². The van der Waals surface area contributed by atoms with E-state index in [1.807, 2.05) is 4.40 Å². The number of rotatable bonds is 4. The van der Waals surface area contributed by atoms with Crippen molar-refractivity contribution in [2.24, 2.45) is 0 Å². The van der Waals surface area contributed by atoms with Gasteiger partial charge in [-0.2, -0.15) is 0 Å². The molecule has 4 rings (SSSR count). The highest BCUT2D eigenvalue weighted by Crippen LogP contribution is 2.32. The molecule has 0 saturated heterocycles. The SMILES string of the molecule is Cc1sc2ncn3c(SCC(=O)c4ccc(F)cc4)nnc3c2c1C. The minimum absolute atomic E-state index is 0.0849. The zero-order valence-corrected chi connectivity index (χ0v) is 15.1. The van der Waals surface area contributed by atoms with Crippen molar-refractivity contribution in [1.29, 1.82) is 0 Å². The van der Waals surface area contributed by atoms with E-state index in [9.17, 15) is 9.18 Å². The van der Waals surface area contributed by atoms with Crippen molar-refractivity contribution in [2.75, 3.05) is 5.75 Å². The van der Waals surface area contributed by atoms with Crippen molar-refractivity contribution in [2.45, 2.75) is 19.0 Å². The van der Waals surface area contributed by atoms with E-state index < -0.39 is 0 Å². The number of aryl methyl sites for hydroxylation is 2. The first-order chi connectivity index (χ1) is 12.0. The van der Waals surface area contributed by atoms with Crippen LogP contribution in [-0.4, -0.2) is 31.1 Å². The molecule has 0 saturated carbocycles. The lowest BCUT2D eigenvalue weighted by molar-refractivity contribution is 0.102. The number of halogens is 1. The largest absolute Gasteiger partial charge is 0.293 e. The molecule has 0 fully saturated rings. The molecule has 5 nitrogen and oxygen atoms in total. The van der Waals surface area contributed by atoms with Gasteiger partial charge in [0, 0.05) is 10.4 Å². The van der Waals surface area contributed by atoms with Gasteiger partial charge in [0.1, 0.15) is 17.0 Å². The number of hydrogen-bond donors (Lipinski definition) is 0. The minimum Gasteiger partial charge on any atom is -0.293 e. The van der Waals surface area contributed by atoms with Crippen LogP contribution in [0.15, 0.2) is 35.7 Å². The summed E-state index contributed by atoms with van der Waals surface area (Å²) >= 11 is 2.93. The van der Waals surface area contributed by atoms with Gasteiger partial charge in [-0.15, -0.1) is 21.5 Å². The molecule has 0 N–H and O–H groups in total. The summed E-state index contributed by atoms with van der Waals surface area (Å²) < 4.78 is 14.8. The summed E-state index contributed by atoms with van der Waals surface area (Å²) in [6.07, 6.45) is 1.69. The molecule has 3 heterocycles. The molecule has 8 heteroatoms. The van der Waals surface area contributed by atoms with Crippen LogP contribution >= 0.6 is 23.1 Å². The Morgan fingerprint density at radius 3 is 2.76 bits per heavy atom. The number of Topliss-reactive ketones (excluding diaryl/α,β-unsaturated/α-hetero) is 1. The summed E-state index contributed by atoms with van der Waals surface area (Å²) in [5.41, 5.74) is 2.39. The van der Waals surface area contributed by atoms with Crippen molar-refractivity contribution in [3.63, 3.8) is 0 Å². The Labute approximate surface area is 150 Å². The van der Waals surface area contributed by atoms with Crippen LogP contribution < -0.4 is 0 Å². The van der Waals surface area contributed by atoms with E-state index in [2.05, 4.69) is 29.0 Å². The van der Waals surface area contributed by atoms with Crippen LogP contribution in [0.4, 0.5) is 4.39 Å². The van der Waals surface area contributed by atoms with Gasteiger partial charge in [-0.05, 0) is 43.7 Å². The highest BCUT2D eigenvalue weighted by molar-refractivity contribution is 7.99. The number of hydrogen-bond acceptors (Lipinski definition) is 6. The predicted molar refractivity (Wildman–Crippen MR) is 97.1 cm³/mol. The lowest BCUT2D eigenvalue weighted by Gasteiger charge is -2.01. The summed E-state index contributed by atoms with van der Waals surface area (Å²) in [6, 6.07) is 5.55. The number of ketones is 1. The molecule has 0 radical (unpaired) electrons. The van der Waals surface area contributed by atoms with E-state index in [1.165, 1.54) is 40.9 Å². The van der Waals surface area contributed by atoms with E-state index in [1.54, 1.807) is 17.7 Å². The summed E-state index contributed by atoms with van der Waals surface area (Å²) in [7, 11) is 0. The Morgan fingerprint density at radius 1 is 1.24 bits per heavy atom. The Morgan fingerprint density at radius 2 is 2.00 bits per heavy atom. The second-order valence-electron chi connectivity index (χ2n) is 5.60. The predicted octanol–water partition coefficient (Wildman–Crippen LogP) is 4.07.